The molecule has 0 amide bonds. The zero-order valence-corrected chi connectivity index (χ0v) is 7.72. The molecule has 0 aliphatic heterocycles. The van der Waals surface area contributed by atoms with Crippen LogP contribution in [0.2, 0.25) is 0 Å². The van der Waals surface area contributed by atoms with Crippen molar-refractivity contribution in [1.29, 1.82) is 0 Å². The van der Waals surface area contributed by atoms with Gasteiger partial charge in [-0.15, -0.1) is 0 Å². The van der Waals surface area contributed by atoms with E-state index in [1.807, 2.05) is 6.07 Å². The Labute approximate surface area is 77.7 Å². The lowest BCUT2D eigenvalue weighted by Gasteiger charge is -2.04. The molecule has 0 radical (unpaired) electrons. The van der Waals surface area contributed by atoms with Gasteiger partial charge in [0, 0.05) is 13.7 Å². The van der Waals surface area contributed by atoms with Gasteiger partial charge in [0.15, 0.2) is 0 Å². The Kier molecular flexibility index (Phi) is 4.43. The van der Waals surface area contributed by atoms with Gasteiger partial charge < -0.3 is 4.74 Å². The van der Waals surface area contributed by atoms with Crippen molar-refractivity contribution in [3.63, 3.8) is 0 Å². The molecule has 0 aliphatic rings. The second kappa shape index (κ2) is 5.67. The zero-order chi connectivity index (χ0) is 9.52. The van der Waals surface area contributed by atoms with Crippen molar-refractivity contribution in [2.24, 2.45) is 0 Å². The molecular weight excluding hydrogens is 169 g/mol. The van der Waals surface area contributed by atoms with Gasteiger partial charge in [0.05, 0.1) is 6.73 Å². The highest BCUT2D eigenvalue weighted by atomic mass is 19.1. The molecule has 0 aliphatic carbocycles. The summed E-state index contributed by atoms with van der Waals surface area (Å²) in [4.78, 5) is 0. The highest BCUT2D eigenvalue weighted by molar-refractivity contribution is 5.17. The topological polar surface area (TPSA) is 21.3 Å². The van der Waals surface area contributed by atoms with E-state index < -0.39 is 0 Å². The lowest BCUT2D eigenvalue weighted by molar-refractivity contribution is 0.176. The SMILES string of the molecule is COCNCCc1ccccc1F. The van der Waals surface area contributed by atoms with Gasteiger partial charge in [0.25, 0.3) is 0 Å². The van der Waals surface area contributed by atoms with Gasteiger partial charge in [-0.1, -0.05) is 18.2 Å². The molecule has 13 heavy (non-hydrogen) atoms. The summed E-state index contributed by atoms with van der Waals surface area (Å²) in [6.45, 7) is 1.24. The van der Waals surface area contributed by atoms with Gasteiger partial charge in [-0.3, -0.25) is 5.32 Å². The summed E-state index contributed by atoms with van der Waals surface area (Å²) in [6, 6.07) is 6.81. The lowest BCUT2D eigenvalue weighted by atomic mass is 10.1. The van der Waals surface area contributed by atoms with Gasteiger partial charge in [-0.2, -0.15) is 0 Å². The first-order chi connectivity index (χ1) is 6.34. The van der Waals surface area contributed by atoms with E-state index in [9.17, 15) is 4.39 Å². The highest BCUT2D eigenvalue weighted by Gasteiger charge is 1.98. The Morgan fingerprint density at radius 1 is 1.38 bits per heavy atom. The van der Waals surface area contributed by atoms with Crippen LogP contribution in [0.4, 0.5) is 4.39 Å². The maximum atomic E-state index is 13.0. The van der Waals surface area contributed by atoms with Crippen molar-refractivity contribution < 1.29 is 9.13 Å². The van der Waals surface area contributed by atoms with Crippen molar-refractivity contribution in [2.45, 2.75) is 6.42 Å². The molecule has 0 heterocycles. The van der Waals surface area contributed by atoms with E-state index in [1.54, 1.807) is 19.2 Å². The third-order valence-electron chi connectivity index (χ3n) is 1.78. The molecule has 0 aromatic heterocycles. The van der Waals surface area contributed by atoms with Crippen LogP contribution in [-0.4, -0.2) is 20.4 Å². The maximum absolute atomic E-state index is 13.0. The Morgan fingerprint density at radius 2 is 2.15 bits per heavy atom. The normalized spacial score (nSPS) is 10.3. The summed E-state index contributed by atoms with van der Waals surface area (Å²) in [5.74, 6) is -0.137. The fraction of sp³-hybridized carbons (Fsp3) is 0.400. The lowest BCUT2D eigenvalue weighted by Crippen LogP contribution is -2.19. The third kappa shape index (κ3) is 3.53. The number of hydrogen-bond acceptors (Lipinski definition) is 2. The van der Waals surface area contributed by atoms with E-state index >= 15 is 0 Å². The number of halogens is 1. The first-order valence-electron chi connectivity index (χ1n) is 4.27. The van der Waals surface area contributed by atoms with E-state index in [0.29, 0.717) is 13.2 Å². The van der Waals surface area contributed by atoms with E-state index in [-0.39, 0.29) is 5.82 Å². The van der Waals surface area contributed by atoms with Crippen molar-refractivity contribution in [2.75, 3.05) is 20.4 Å². The predicted molar refractivity (Wildman–Crippen MR) is 50.0 cm³/mol. The summed E-state index contributed by atoms with van der Waals surface area (Å²) >= 11 is 0. The van der Waals surface area contributed by atoms with Crippen molar-refractivity contribution in [3.8, 4) is 0 Å². The molecule has 1 aromatic carbocycles. The monoisotopic (exact) mass is 183 g/mol. The number of nitrogens with one attached hydrogen (secondary N) is 1. The van der Waals surface area contributed by atoms with Gasteiger partial charge in [-0.25, -0.2) is 4.39 Å². The van der Waals surface area contributed by atoms with Crippen LogP contribution in [-0.2, 0) is 11.2 Å². The van der Waals surface area contributed by atoms with Gasteiger partial charge in [0.1, 0.15) is 5.82 Å². The van der Waals surface area contributed by atoms with E-state index in [2.05, 4.69) is 5.32 Å². The van der Waals surface area contributed by atoms with E-state index in [0.717, 1.165) is 12.1 Å². The fourth-order valence-corrected chi connectivity index (χ4v) is 1.10. The highest BCUT2D eigenvalue weighted by Crippen LogP contribution is 2.05. The molecule has 0 saturated carbocycles. The van der Waals surface area contributed by atoms with E-state index in [4.69, 9.17) is 4.74 Å². The Morgan fingerprint density at radius 3 is 2.85 bits per heavy atom. The van der Waals surface area contributed by atoms with Gasteiger partial charge in [-0.05, 0) is 18.1 Å². The minimum Gasteiger partial charge on any atom is -0.370 e. The first-order valence-corrected chi connectivity index (χ1v) is 4.27. The summed E-state index contributed by atoms with van der Waals surface area (Å²) in [5, 5.41) is 3.02. The fourth-order valence-electron chi connectivity index (χ4n) is 1.10. The standard InChI is InChI=1S/C10H14FNO/c1-13-8-12-7-6-9-4-2-3-5-10(9)11/h2-5,12H,6-8H2,1H3. The molecule has 0 atom stereocenters. The molecule has 1 N–H and O–H groups in total. The number of methoxy groups -OCH3 is 1. The molecule has 0 spiro atoms. The van der Waals surface area contributed by atoms with Crippen LogP contribution in [0.1, 0.15) is 5.56 Å². The first kappa shape index (κ1) is 10.2. The Hall–Kier alpha value is -0.930. The van der Waals surface area contributed by atoms with Crippen molar-refractivity contribution >= 4 is 0 Å². The molecule has 0 unspecified atom stereocenters. The molecule has 0 bridgehead atoms. The minimum absolute atomic E-state index is 0.137. The number of rotatable bonds is 5. The van der Waals surface area contributed by atoms with E-state index in [1.165, 1.54) is 6.07 Å². The maximum Gasteiger partial charge on any atom is 0.126 e. The molecule has 2 nitrogen and oxygen atoms in total. The largest absolute Gasteiger partial charge is 0.370 e. The summed E-state index contributed by atoms with van der Waals surface area (Å²) < 4.78 is 17.8. The average molecular weight is 183 g/mol. The minimum atomic E-state index is -0.137. The molecule has 3 heteroatoms. The average Bonchev–Trinajstić information content (AvgIpc) is 2.15. The van der Waals surface area contributed by atoms with Crippen molar-refractivity contribution in [1.82, 2.24) is 5.32 Å². The summed E-state index contributed by atoms with van der Waals surface area (Å²) in [7, 11) is 1.62. The van der Waals surface area contributed by atoms with Crippen LogP contribution in [0, 0.1) is 5.82 Å². The van der Waals surface area contributed by atoms with Crippen LogP contribution >= 0.6 is 0 Å². The summed E-state index contributed by atoms with van der Waals surface area (Å²) in [6.07, 6.45) is 0.691. The second-order valence-electron chi connectivity index (χ2n) is 2.77. The van der Waals surface area contributed by atoms with Crippen LogP contribution in [0.25, 0.3) is 0 Å². The van der Waals surface area contributed by atoms with Crippen LogP contribution in [0.5, 0.6) is 0 Å². The molecule has 1 aromatic rings. The second-order valence-corrected chi connectivity index (χ2v) is 2.77. The van der Waals surface area contributed by atoms with Crippen LogP contribution < -0.4 is 5.32 Å². The molecule has 72 valence electrons. The Bertz CT molecular complexity index is 252. The number of benzene rings is 1. The molecule has 1 rings (SSSR count). The van der Waals surface area contributed by atoms with Gasteiger partial charge in [0.2, 0.25) is 0 Å². The van der Waals surface area contributed by atoms with Crippen molar-refractivity contribution in [3.05, 3.63) is 35.6 Å². The molecule has 0 saturated heterocycles. The van der Waals surface area contributed by atoms with Crippen LogP contribution in [0.3, 0.4) is 0 Å². The molecule has 0 fully saturated rings. The smallest absolute Gasteiger partial charge is 0.126 e. The van der Waals surface area contributed by atoms with Crippen LogP contribution in [0.15, 0.2) is 24.3 Å². The zero-order valence-electron chi connectivity index (χ0n) is 7.72. The number of hydrogen-bond donors (Lipinski definition) is 1. The Balaban J connectivity index is 2.32. The quantitative estimate of drug-likeness (QED) is 0.552. The van der Waals surface area contributed by atoms with Gasteiger partial charge >= 0.3 is 0 Å². The summed E-state index contributed by atoms with van der Waals surface area (Å²) in [5.41, 5.74) is 0.742. The third-order valence-corrected chi connectivity index (χ3v) is 1.78. The number of ether oxygens (including phenoxy) is 1. The molecular formula is C10H14FNO. The predicted octanol–water partition coefficient (Wildman–Crippen LogP) is 1.56.